The molecule has 3 heterocycles. The van der Waals surface area contributed by atoms with Crippen LogP contribution < -0.4 is 10.2 Å². The van der Waals surface area contributed by atoms with Gasteiger partial charge in [-0.1, -0.05) is 6.92 Å². The maximum atomic E-state index is 12.5. The van der Waals surface area contributed by atoms with Gasteiger partial charge in [0, 0.05) is 57.3 Å². The van der Waals surface area contributed by atoms with Crippen molar-refractivity contribution in [3.05, 3.63) is 24.0 Å². The molecular weight excluding hydrogens is 338 g/mol. The van der Waals surface area contributed by atoms with Gasteiger partial charge in [0.25, 0.3) is 0 Å². The molecule has 0 saturated carbocycles. The highest BCUT2D eigenvalue weighted by atomic mass is 16.2. The SMILES string of the molecule is Cc1cnccc1N1CCCN(C(=O)NCCCN2CCC[C@@H](C)C2)CC1. The van der Waals surface area contributed by atoms with Gasteiger partial charge in [0.2, 0.25) is 0 Å². The first-order valence-electron chi connectivity index (χ1n) is 10.5. The Morgan fingerprint density at radius 1 is 1.22 bits per heavy atom. The van der Waals surface area contributed by atoms with Crippen molar-refractivity contribution >= 4 is 11.7 Å². The van der Waals surface area contributed by atoms with E-state index in [4.69, 9.17) is 0 Å². The summed E-state index contributed by atoms with van der Waals surface area (Å²) in [6.45, 7) is 12.2. The number of urea groups is 1. The number of pyridine rings is 1. The first-order valence-corrected chi connectivity index (χ1v) is 10.5. The molecular formula is C21H35N5O. The van der Waals surface area contributed by atoms with E-state index in [1.807, 2.05) is 17.3 Å². The van der Waals surface area contributed by atoms with Crippen LogP contribution in [0, 0.1) is 12.8 Å². The fraction of sp³-hybridized carbons (Fsp3) is 0.714. The highest BCUT2D eigenvalue weighted by molar-refractivity contribution is 5.74. The Balaban J connectivity index is 1.38. The summed E-state index contributed by atoms with van der Waals surface area (Å²) in [6.07, 6.45) is 8.47. The Morgan fingerprint density at radius 3 is 2.93 bits per heavy atom. The van der Waals surface area contributed by atoms with Crippen LogP contribution in [-0.2, 0) is 0 Å². The molecule has 2 saturated heterocycles. The van der Waals surface area contributed by atoms with Gasteiger partial charge in [0.15, 0.2) is 0 Å². The summed E-state index contributed by atoms with van der Waals surface area (Å²) in [5.41, 5.74) is 2.44. The molecule has 1 N–H and O–H groups in total. The van der Waals surface area contributed by atoms with Crippen molar-refractivity contribution in [2.45, 2.75) is 39.5 Å². The summed E-state index contributed by atoms with van der Waals surface area (Å²) in [4.78, 5) is 23.6. The summed E-state index contributed by atoms with van der Waals surface area (Å²) in [5.74, 6) is 0.817. The second kappa shape index (κ2) is 9.93. The van der Waals surface area contributed by atoms with Gasteiger partial charge in [-0.25, -0.2) is 4.79 Å². The van der Waals surface area contributed by atoms with E-state index < -0.39 is 0 Å². The monoisotopic (exact) mass is 373 g/mol. The first kappa shape index (κ1) is 19.9. The lowest BCUT2D eigenvalue weighted by atomic mass is 10.0. The van der Waals surface area contributed by atoms with Crippen molar-refractivity contribution < 1.29 is 4.79 Å². The number of hydrogen-bond donors (Lipinski definition) is 1. The van der Waals surface area contributed by atoms with Crippen LogP contribution in [0.15, 0.2) is 18.5 Å². The number of hydrogen-bond acceptors (Lipinski definition) is 4. The number of nitrogens with zero attached hydrogens (tertiary/aromatic N) is 4. The Bertz CT molecular complexity index is 608. The second-order valence-electron chi connectivity index (χ2n) is 8.12. The number of aromatic nitrogens is 1. The third-order valence-electron chi connectivity index (χ3n) is 5.78. The molecule has 0 bridgehead atoms. The molecule has 0 aromatic carbocycles. The minimum atomic E-state index is 0.0929. The second-order valence-corrected chi connectivity index (χ2v) is 8.12. The van der Waals surface area contributed by atoms with Gasteiger partial charge in [-0.15, -0.1) is 0 Å². The molecule has 0 radical (unpaired) electrons. The van der Waals surface area contributed by atoms with Gasteiger partial charge in [0.1, 0.15) is 0 Å². The quantitative estimate of drug-likeness (QED) is 0.807. The van der Waals surface area contributed by atoms with Gasteiger partial charge >= 0.3 is 6.03 Å². The van der Waals surface area contributed by atoms with Crippen molar-refractivity contribution in [3.63, 3.8) is 0 Å². The van der Waals surface area contributed by atoms with Crippen molar-refractivity contribution in [3.8, 4) is 0 Å². The smallest absolute Gasteiger partial charge is 0.317 e. The average Bonchev–Trinajstić information content (AvgIpc) is 2.92. The number of likely N-dealkylation sites (tertiary alicyclic amines) is 1. The summed E-state index contributed by atoms with van der Waals surface area (Å²) >= 11 is 0. The summed E-state index contributed by atoms with van der Waals surface area (Å²) in [5, 5.41) is 3.13. The van der Waals surface area contributed by atoms with E-state index in [1.54, 1.807) is 0 Å². The molecule has 0 aliphatic carbocycles. The van der Waals surface area contributed by atoms with Crippen LogP contribution in [0.2, 0.25) is 0 Å². The van der Waals surface area contributed by atoms with E-state index >= 15 is 0 Å². The maximum absolute atomic E-state index is 12.5. The molecule has 0 unspecified atom stereocenters. The Kier molecular flexibility index (Phi) is 7.33. The van der Waals surface area contributed by atoms with Gasteiger partial charge < -0.3 is 20.0 Å². The van der Waals surface area contributed by atoms with Crippen molar-refractivity contribution in [1.82, 2.24) is 20.1 Å². The third kappa shape index (κ3) is 5.83. The van der Waals surface area contributed by atoms with Crippen LogP contribution in [0.4, 0.5) is 10.5 Å². The van der Waals surface area contributed by atoms with E-state index in [-0.39, 0.29) is 6.03 Å². The largest absolute Gasteiger partial charge is 0.369 e. The zero-order valence-corrected chi connectivity index (χ0v) is 17.0. The van der Waals surface area contributed by atoms with Crippen molar-refractivity contribution in [2.24, 2.45) is 5.92 Å². The lowest BCUT2D eigenvalue weighted by Crippen LogP contribution is -2.43. The highest BCUT2D eigenvalue weighted by Crippen LogP contribution is 2.20. The first-order chi connectivity index (χ1) is 13.1. The molecule has 6 nitrogen and oxygen atoms in total. The summed E-state index contributed by atoms with van der Waals surface area (Å²) in [7, 11) is 0. The van der Waals surface area contributed by atoms with E-state index in [0.29, 0.717) is 0 Å². The molecule has 6 heteroatoms. The van der Waals surface area contributed by atoms with Crippen LogP contribution in [0.1, 0.15) is 38.2 Å². The molecule has 1 aromatic rings. The number of rotatable bonds is 5. The normalized spacial score (nSPS) is 21.8. The molecule has 3 rings (SSSR count). The van der Waals surface area contributed by atoms with E-state index in [0.717, 1.165) is 58.0 Å². The van der Waals surface area contributed by atoms with E-state index in [1.165, 1.54) is 37.2 Å². The summed E-state index contributed by atoms with van der Waals surface area (Å²) in [6, 6.07) is 2.17. The van der Waals surface area contributed by atoms with E-state index in [2.05, 4.69) is 40.0 Å². The van der Waals surface area contributed by atoms with Gasteiger partial charge in [-0.2, -0.15) is 0 Å². The predicted octanol–water partition coefficient (Wildman–Crippen LogP) is 2.73. The topological polar surface area (TPSA) is 51.7 Å². The van der Waals surface area contributed by atoms with Crippen LogP contribution >= 0.6 is 0 Å². The number of aryl methyl sites for hydroxylation is 1. The van der Waals surface area contributed by atoms with Crippen molar-refractivity contribution in [2.75, 3.05) is 57.3 Å². The molecule has 2 amide bonds. The molecule has 1 atom stereocenters. The molecule has 1 aromatic heterocycles. The van der Waals surface area contributed by atoms with Crippen LogP contribution in [0.5, 0.6) is 0 Å². The molecule has 2 fully saturated rings. The zero-order chi connectivity index (χ0) is 19.1. The fourth-order valence-corrected chi connectivity index (χ4v) is 4.28. The Hall–Kier alpha value is -1.82. The van der Waals surface area contributed by atoms with Crippen LogP contribution in [0.3, 0.4) is 0 Å². The minimum absolute atomic E-state index is 0.0929. The average molecular weight is 374 g/mol. The third-order valence-corrected chi connectivity index (χ3v) is 5.78. The number of amides is 2. The van der Waals surface area contributed by atoms with Gasteiger partial charge in [-0.3, -0.25) is 4.98 Å². The predicted molar refractivity (Wildman–Crippen MR) is 110 cm³/mol. The minimum Gasteiger partial charge on any atom is -0.369 e. The number of piperidine rings is 1. The maximum Gasteiger partial charge on any atom is 0.317 e. The van der Waals surface area contributed by atoms with Crippen molar-refractivity contribution in [1.29, 1.82) is 0 Å². The molecule has 0 spiro atoms. The number of anilines is 1. The lowest BCUT2D eigenvalue weighted by Gasteiger charge is -2.30. The highest BCUT2D eigenvalue weighted by Gasteiger charge is 2.20. The fourth-order valence-electron chi connectivity index (χ4n) is 4.28. The molecule has 2 aliphatic rings. The lowest BCUT2D eigenvalue weighted by molar-refractivity contribution is 0.179. The molecule has 150 valence electrons. The summed E-state index contributed by atoms with van der Waals surface area (Å²) < 4.78 is 0. The number of carbonyl (C=O) groups excluding carboxylic acids is 1. The van der Waals surface area contributed by atoms with Crippen LogP contribution in [0.25, 0.3) is 0 Å². The zero-order valence-electron chi connectivity index (χ0n) is 17.0. The van der Waals surface area contributed by atoms with E-state index in [9.17, 15) is 4.79 Å². The molecule has 27 heavy (non-hydrogen) atoms. The Morgan fingerprint density at radius 2 is 2.11 bits per heavy atom. The number of carbonyl (C=O) groups is 1. The molecule has 2 aliphatic heterocycles. The van der Waals surface area contributed by atoms with Gasteiger partial charge in [-0.05, 0) is 63.2 Å². The number of nitrogens with one attached hydrogen (secondary N) is 1. The standard InChI is InChI=1S/C21H35N5O/c1-18-6-3-10-24(17-18)11-4-8-23-21(27)26-13-5-12-25(14-15-26)20-7-9-22-16-19(20)2/h7,9,16,18H,3-6,8,10-15,17H2,1-2H3,(H,23,27)/t18-/m1/s1. The van der Waals surface area contributed by atoms with Gasteiger partial charge in [0.05, 0.1) is 0 Å². The van der Waals surface area contributed by atoms with Crippen LogP contribution in [-0.4, -0.2) is 73.2 Å². The Labute approximate surface area is 163 Å².